The summed E-state index contributed by atoms with van der Waals surface area (Å²) in [5, 5.41) is 0. The van der Waals surface area contributed by atoms with Crippen molar-refractivity contribution in [3.05, 3.63) is 137 Å². The highest BCUT2D eigenvalue weighted by Crippen LogP contribution is 2.40. The zero-order valence-corrected chi connectivity index (χ0v) is 34.1. The highest BCUT2D eigenvalue weighted by Gasteiger charge is 2.31. The summed E-state index contributed by atoms with van der Waals surface area (Å²) in [5.41, 5.74) is 13.8. The molecule has 3 heteroatoms. The standard InChI is InChI=1S/C49H63N3/c1-13-30-48(9,10)42-24-20-40(21-25-42)41-22-26-43(27-23-41)51(45-28-18-34(3)32-36(45)5)39(8)38(7)44-16-15-17-47(50-44)52(49(11,12)31-14-2)46-29-19-35(4)33-37(46)6/h15-29,32-33,38-39H,13-14,30-31H2,1-12H3. The summed E-state index contributed by atoms with van der Waals surface area (Å²) in [5.74, 6) is 1.16. The van der Waals surface area contributed by atoms with Gasteiger partial charge < -0.3 is 9.80 Å². The minimum absolute atomic E-state index is 0.103. The lowest BCUT2D eigenvalue weighted by molar-refractivity contribution is 0.455. The van der Waals surface area contributed by atoms with Crippen molar-refractivity contribution >= 4 is 22.9 Å². The average molecular weight is 694 g/mol. The fourth-order valence-corrected chi connectivity index (χ4v) is 8.19. The molecule has 2 unspecified atom stereocenters. The van der Waals surface area contributed by atoms with E-state index in [0.717, 1.165) is 24.4 Å². The topological polar surface area (TPSA) is 19.4 Å². The van der Waals surface area contributed by atoms with Gasteiger partial charge in [0.2, 0.25) is 0 Å². The van der Waals surface area contributed by atoms with Crippen LogP contribution in [0.15, 0.2) is 103 Å². The second-order valence-corrected chi connectivity index (χ2v) is 16.6. The molecule has 0 aliphatic rings. The second kappa shape index (κ2) is 16.1. The Morgan fingerprint density at radius 1 is 0.615 bits per heavy atom. The molecule has 0 aliphatic heterocycles. The van der Waals surface area contributed by atoms with Crippen LogP contribution in [0.1, 0.15) is 121 Å². The van der Waals surface area contributed by atoms with Crippen LogP contribution in [0.25, 0.3) is 11.1 Å². The molecule has 2 atom stereocenters. The fourth-order valence-electron chi connectivity index (χ4n) is 8.19. The molecule has 0 amide bonds. The number of nitrogens with zero attached hydrogens (tertiary/aromatic N) is 3. The van der Waals surface area contributed by atoms with E-state index in [1.165, 1.54) is 68.8 Å². The van der Waals surface area contributed by atoms with Crippen LogP contribution in [0.5, 0.6) is 0 Å². The van der Waals surface area contributed by atoms with Crippen LogP contribution in [-0.2, 0) is 5.41 Å². The largest absolute Gasteiger partial charge is 0.338 e. The van der Waals surface area contributed by atoms with Gasteiger partial charge in [-0.25, -0.2) is 4.98 Å². The van der Waals surface area contributed by atoms with Gasteiger partial charge in [0, 0.05) is 40.3 Å². The Bertz CT molecular complexity index is 1930. The molecule has 1 aromatic heterocycles. The Balaban J connectivity index is 1.52. The second-order valence-electron chi connectivity index (χ2n) is 16.6. The van der Waals surface area contributed by atoms with Crippen molar-refractivity contribution < 1.29 is 0 Å². The normalized spacial score (nSPS) is 13.2. The molecule has 274 valence electrons. The SMILES string of the molecule is CCCC(C)(C)c1ccc(-c2ccc(N(c3ccc(C)cc3C)C(C)C(C)c3cccc(N(c4ccc(C)cc4C)C(C)(C)CCC)n3)cc2)cc1. The number of hydrogen-bond acceptors (Lipinski definition) is 3. The molecular formula is C49H63N3. The third-order valence-electron chi connectivity index (χ3n) is 11.3. The van der Waals surface area contributed by atoms with Gasteiger partial charge in [-0.2, -0.15) is 0 Å². The van der Waals surface area contributed by atoms with Gasteiger partial charge in [-0.15, -0.1) is 0 Å². The third-order valence-corrected chi connectivity index (χ3v) is 11.3. The zero-order chi connectivity index (χ0) is 37.8. The number of aromatic nitrogens is 1. The Morgan fingerprint density at radius 3 is 1.69 bits per heavy atom. The van der Waals surface area contributed by atoms with Gasteiger partial charge in [-0.1, -0.05) is 125 Å². The summed E-state index contributed by atoms with van der Waals surface area (Å²) < 4.78 is 0. The predicted molar refractivity (Wildman–Crippen MR) is 227 cm³/mol. The summed E-state index contributed by atoms with van der Waals surface area (Å²) >= 11 is 0. The first-order valence-electron chi connectivity index (χ1n) is 19.6. The molecule has 0 saturated carbocycles. The first-order chi connectivity index (χ1) is 24.7. The van der Waals surface area contributed by atoms with Crippen LogP contribution in [0.3, 0.4) is 0 Å². The van der Waals surface area contributed by atoms with E-state index in [0.29, 0.717) is 0 Å². The molecule has 0 radical (unpaired) electrons. The Morgan fingerprint density at radius 2 is 1.15 bits per heavy atom. The van der Waals surface area contributed by atoms with Gasteiger partial charge >= 0.3 is 0 Å². The lowest BCUT2D eigenvalue weighted by Gasteiger charge is -2.41. The Kier molecular flexibility index (Phi) is 12.0. The van der Waals surface area contributed by atoms with Crippen molar-refractivity contribution in [1.29, 1.82) is 0 Å². The van der Waals surface area contributed by atoms with Gasteiger partial charge in [-0.05, 0) is 131 Å². The maximum absolute atomic E-state index is 5.48. The fraction of sp³-hybridized carbons (Fsp3) is 0.408. The van der Waals surface area contributed by atoms with E-state index in [9.17, 15) is 0 Å². The van der Waals surface area contributed by atoms with Crippen molar-refractivity contribution in [3.63, 3.8) is 0 Å². The van der Waals surface area contributed by atoms with E-state index in [-0.39, 0.29) is 22.9 Å². The molecule has 52 heavy (non-hydrogen) atoms. The number of rotatable bonds is 14. The molecule has 5 rings (SSSR count). The van der Waals surface area contributed by atoms with Crippen molar-refractivity contribution in [2.75, 3.05) is 9.80 Å². The minimum atomic E-state index is -0.103. The Labute approximate surface area is 316 Å². The maximum Gasteiger partial charge on any atom is 0.133 e. The van der Waals surface area contributed by atoms with E-state index in [4.69, 9.17) is 4.98 Å². The van der Waals surface area contributed by atoms with Crippen LogP contribution < -0.4 is 9.80 Å². The van der Waals surface area contributed by atoms with Crippen molar-refractivity contribution in [2.24, 2.45) is 0 Å². The van der Waals surface area contributed by atoms with E-state index in [1.807, 2.05) is 0 Å². The predicted octanol–water partition coefficient (Wildman–Crippen LogP) is 14.1. The summed E-state index contributed by atoms with van der Waals surface area (Å²) in [6.07, 6.45) is 4.55. The van der Waals surface area contributed by atoms with E-state index in [1.54, 1.807) is 0 Å². The molecule has 3 nitrogen and oxygen atoms in total. The highest BCUT2D eigenvalue weighted by atomic mass is 15.3. The van der Waals surface area contributed by atoms with Gasteiger partial charge in [0.25, 0.3) is 0 Å². The highest BCUT2D eigenvalue weighted by molar-refractivity contribution is 5.73. The first kappa shape index (κ1) is 38.9. The van der Waals surface area contributed by atoms with Gasteiger partial charge in [0.05, 0.1) is 0 Å². The number of hydrogen-bond donors (Lipinski definition) is 0. The molecule has 0 aliphatic carbocycles. The third kappa shape index (κ3) is 8.46. The lowest BCUT2D eigenvalue weighted by atomic mass is 9.80. The average Bonchev–Trinajstić information content (AvgIpc) is 3.10. The molecule has 4 aromatic carbocycles. The van der Waals surface area contributed by atoms with Crippen LogP contribution in [0, 0.1) is 27.7 Å². The van der Waals surface area contributed by atoms with Crippen LogP contribution in [0.4, 0.5) is 22.9 Å². The number of aryl methyl sites for hydroxylation is 4. The van der Waals surface area contributed by atoms with E-state index in [2.05, 4.69) is 196 Å². The molecule has 0 spiro atoms. The van der Waals surface area contributed by atoms with E-state index >= 15 is 0 Å². The minimum Gasteiger partial charge on any atom is -0.338 e. The number of anilines is 4. The molecule has 0 bridgehead atoms. The zero-order valence-electron chi connectivity index (χ0n) is 34.1. The Hall–Kier alpha value is -4.37. The van der Waals surface area contributed by atoms with Gasteiger partial charge in [-0.3, -0.25) is 0 Å². The van der Waals surface area contributed by atoms with Crippen molar-refractivity contribution in [3.8, 4) is 11.1 Å². The summed E-state index contributed by atoms with van der Waals surface area (Å²) in [6.45, 7) is 27.4. The molecule has 0 fully saturated rings. The molecule has 1 heterocycles. The van der Waals surface area contributed by atoms with Crippen LogP contribution >= 0.6 is 0 Å². The molecular weight excluding hydrogens is 631 g/mol. The van der Waals surface area contributed by atoms with Crippen LogP contribution in [0.2, 0.25) is 0 Å². The molecule has 0 N–H and O–H groups in total. The molecule has 0 saturated heterocycles. The number of benzene rings is 4. The van der Waals surface area contributed by atoms with Crippen LogP contribution in [-0.4, -0.2) is 16.6 Å². The summed E-state index contributed by atoms with van der Waals surface area (Å²) in [4.78, 5) is 10.5. The molecule has 5 aromatic rings. The van der Waals surface area contributed by atoms with E-state index < -0.39 is 0 Å². The summed E-state index contributed by atoms with van der Waals surface area (Å²) in [6, 6.07) is 38.7. The maximum atomic E-state index is 5.48. The first-order valence-corrected chi connectivity index (χ1v) is 19.6. The monoisotopic (exact) mass is 694 g/mol. The quantitative estimate of drug-likeness (QED) is 0.115. The van der Waals surface area contributed by atoms with Gasteiger partial charge in [0.15, 0.2) is 0 Å². The van der Waals surface area contributed by atoms with Crippen molar-refractivity contribution in [1.82, 2.24) is 4.98 Å². The van der Waals surface area contributed by atoms with Gasteiger partial charge in [0.1, 0.15) is 5.82 Å². The van der Waals surface area contributed by atoms with Crippen molar-refractivity contribution in [2.45, 2.75) is 132 Å². The lowest BCUT2D eigenvalue weighted by Crippen LogP contribution is -2.41. The number of pyridine rings is 1. The summed E-state index contributed by atoms with van der Waals surface area (Å²) in [7, 11) is 0. The smallest absolute Gasteiger partial charge is 0.133 e.